The summed E-state index contributed by atoms with van der Waals surface area (Å²) in [6.07, 6.45) is 3.23. The van der Waals surface area contributed by atoms with E-state index in [1.807, 2.05) is 0 Å². The summed E-state index contributed by atoms with van der Waals surface area (Å²) < 4.78 is 26.5. The third-order valence-electron chi connectivity index (χ3n) is 2.57. The number of halogens is 1. The standard InChI is InChI=1S/C11H13BrN4O2S/c1-16(7-11-14-4-5-15-11)19(17,18)10-3-2-8(13)6-9(10)12/h2-6H,7,13H2,1H3,(H,14,15). The first-order chi connectivity index (χ1) is 8.91. The van der Waals surface area contributed by atoms with Crippen molar-refractivity contribution in [2.45, 2.75) is 11.4 Å². The first-order valence-corrected chi connectivity index (χ1v) is 7.64. The summed E-state index contributed by atoms with van der Waals surface area (Å²) in [6, 6.07) is 4.60. The minimum absolute atomic E-state index is 0.173. The summed E-state index contributed by atoms with van der Waals surface area (Å²) in [5, 5.41) is 0. The molecule has 0 fully saturated rings. The minimum Gasteiger partial charge on any atom is -0.399 e. The van der Waals surface area contributed by atoms with Gasteiger partial charge in [0, 0.05) is 29.6 Å². The molecule has 1 heterocycles. The van der Waals surface area contributed by atoms with Crippen LogP contribution in [0.25, 0.3) is 0 Å². The van der Waals surface area contributed by atoms with Crippen LogP contribution in [0.5, 0.6) is 0 Å². The van der Waals surface area contributed by atoms with Crippen molar-refractivity contribution in [3.8, 4) is 0 Å². The topological polar surface area (TPSA) is 92.1 Å². The number of nitrogens with zero attached hydrogens (tertiary/aromatic N) is 2. The van der Waals surface area contributed by atoms with Crippen LogP contribution < -0.4 is 5.73 Å². The molecule has 0 bridgehead atoms. The van der Waals surface area contributed by atoms with Crippen molar-refractivity contribution in [2.75, 3.05) is 12.8 Å². The molecule has 0 aliphatic rings. The Kier molecular flexibility index (Phi) is 3.93. The van der Waals surface area contributed by atoms with Crippen LogP contribution in [0, 0.1) is 0 Å². The van der Waals surface area contributed by atoms with Crippen LogP contribution in [0.15, 0.2) is 40.0 Å². The predicted octanol–water partition coefficient (Wildman–Crippen LogP) is 1.58. The lowest BCUT2D eigenvalue weighted by Crippen LogP contribution is -2.27. The monoisotopic (exact) mass is 344 g/mol. The number of hydrogen-bond donors (Lipinski definition) is 2. The molecule has 0 aliphatic carbocycles. The van der Waals surface area contributed by atoms with E-state index in [1.165, 1.54) is 17.4 Å². The number of H-pyrrole nitrogens is 1. The summed E-state index contributed by atoms with van der Waals surface area (Å²) in [5.74, 6) is 0.581. The molecule has 0 atom stereocenters. The smallest absolute Gasteiger partial charge is 0.244 e. The van der Waals surface area contributed by atoms with Crippen LogP contribution in [-0.4, -0.2) is 29.7 Å². The zero-order valence-corrected chi connectivity index (χ0v) is 12.6. The van der Waals surface area contributed by atoms with E-state index in [2.05, 4.69) is 25.9 Å². The van der Waals surface area contributed by atoms with E-state index in [9.17, 15) is 8.42 Å². The second-order valence-corrected chi connectivity index (χ2v) is 6.85. The molecule has 0 amide bonds. The number of imidazole rings is 1. The van der Waals surface area contributed by atoms with Crippen molar-refractivity contribution < 1.29 is 8.42 Å². The van der Waals surface area contributed by atoms with Gasteiger partial charge >= 0.3 is 0 Å². The van der Waals surface area contributed by atoms with Gasteiger partial charge in [-0.3, -0.25) is 0 Å². The van der Waals surface area contributed by atoms with Gasteiger partial charge in [-0.1, -0.05) is 0 Å². The zero-order chi connectivity index (χ0) is 14.0. The average molecular weight is 345 g/mol. The Balaban J connectivity index is 2.31. The van der Waals surface area contributed by atoms with Crippen LogP contribution >= 0.6 is 15.9 Å². The molecule has 2 rings (SSSR count). The number of nitrogen functional groups attached to an aromatic ring is 1. The summed E-state index contributed by atoms with van der Waals surface area (Å²) >= 11 is 3.22. The maximum absolute atomic E-state index is 12.4. The van der Waals surface area contributed by atoms with Crippen LogP contribution in [0.3, 0.4) is 0 Å². The molecule has 6 nitrogen and oxygen atoms in total. The molecule has 2 aromatic rings. The lowest BCUT2D eigenvalue weighted by molar-refractivity contribution is 0.458. The van der Waals surface area contributed by atoms with Crippen molar-refractivity contribution in [3.05, 3.63) is 40.9 Å². The summed E-state index contributed by atoms with van der Waals surface area (Å²) in [6.45, 7) is 0.173. The van der Waals surface area contributed by atoms with E-state index < -0.39 is 10.0 Å². The Morgan fingerprint density at radius 1 is 1.47 bits per heavy atom. The average Bonchev–Trinajstić information content (AvgIpc) is 2.81. The van der Waals surface area contributed by atoms with E-state index in [0.29, 0.717) is 16.0 Å². The molecular weight excluding hydrogens is 332 g/mol. The number of nitrogens with two attached hydrogens (primary N) is 1. The molecule has 1 aromatic heterocycles. The molecule has 0 unspecified atom stereocenters. The second kappa shape index (κ2) is 5.32. The van der Waals surface area contributed by atoms with Crippen molar-refractivity contribution in [1.29, 1.82) is 0 Å². The van der Waals surface area contributed by atoms with Crippen molar-refractivity contribution in [3.63, 3.8) is 0 Å². The highest BCUT2D eigenvalue weighted by Crippen LogP contribution is 2.26. The zero-order valence-electron chi connectivity index (χ0n) is 10.2. The molecule has 1 aromatic carbocycles. The molecule has 0 saturated carbocycles. The number of aromatic amines is 1. The summed E-state index contributed by atoms with van der Waals surface area (Å²) in [7, 11) is -2.09. The molecular formula is C11H13BrN4O2S. The van der Waals surface area contributed by atoms with Gasteiger partial charge in [0.15, 0.2) is 0 Å². The third kappa shape index (κ3) is 2.96. The number of hydrogen-bond acceptors (Lipinski definition) is 4. The van der Waals surface area contributed by atoms with Crippen molar-refractivity contribution >= 4 is 31.6 Å². The summed E-state index contributed by atoms with van der Waals surface area (Å²) in [4.78, 5) is 7.05. The molecule has 0 spiro atoms. The second-order valence-electron chi connectivity index (χ2n) is 3.99. The summed E-state index contributed by atoms with van der Waals surface area (Å²) in [5.41, 5.74) is 6.10. The molecule has 8 heteroatoms. The van der Waals surface area contributed by atoms with Gasteiger partial charge in [0.25, 0.3) is 0 Å². The Morgan fingerprint density at radius 2 is 2.21 bits per heavy atom. The normalized spacial score (nSPS) is 11.9. The number of benzene rings is 1. The number of rotatable bonds is 4. The van der Waals surface area contributed by atoms with Crippen molar-refractivity contribution in [1.82, 2.24) is 14.3 Å². The molecule has 102 valence electrons. The SMILES string of the molecule is CN(Cc1ncc[nH]1)S(=O)(=O)c1ccc(N)cc1Br. The van der Waals surface area contributed by atoms with E-state index in [4.69, 9.17) is 5.73 Å². The van der Waals surface area contributed by atoms with E-state index in [-0.39, 0.29) is 11.4 Å². The van der Waals surface area contributed by atoms with Crippen LogP contribution in [0.2, 0.25) is 0 Å². The fourth-order valence-electron chi connectivity index (χ4n) is 1.57. The number of anilines is 1. The number of sulfonamides is 1. The van der Waals surface area contributed by atoms with Gasteiger partial charge in [-0.15, -0.1) is 0 Å². The predicted molar refractivity (Wildman–Crippen MR) is 75.8 cm³/mol. The van der Waals surface area contributed by atoms with E-state index in [1.54, 1.807) is 24.5 Å². The molecule has 19 heavy (non-hydrogen) atoms. The quantitative estimate of drug-likeness (QED) is 0.823. The fraction of sp³-hybridized carbons (Fsp3) is 0.182. The molecule has 0 saturated heterocycles. The highest BCUT2D eigenvalue weighted by Gasteiger charge is 2.24. The first kappa shape index (κ1) is 14.0. The highest BCUT2D eigenvalue weighted by atomic mass is 79.9. The number of nitrogens with one attached hydrogen (secondary N) is 1. The maximum atomic E-state index is 12.4. The first-order valence-electron chi connectivity index (χ1n) is 5.41. The Hall–Kier alpha value is -1.38. The van der Waals surface area contributed by atoms with Crippen LogP contribution in [0.4, 0.5) is 5.69 Å². The van der Waals surface area contributed by atoms with E-state index >= 15 is 0 Å². The van der Waals surface area contributed by atoms with E-state index in [0.717, 1.165) is 0 Å². The largest absolute Gasteiger partial charge is 0.399 e. The Morgan fingerprint density at radius 3 is 2.79 bits per heavy atom. The lowest BCUT2D eigenvalue weighted by Gasteiger charge is -2.17. The lowest BCUT2D eigenvalue weighted by atomic mass is 10.3. The van der Waals surface area contributed by atoms with Gasteiger partial charge in [0.1, 0.15) is 5.82 Å². The Labute approximate surface area is 119 Å². The fourth-order valence-corrected chi connectivity index (χ4v) is 3.76. The van der Waals surface area contributed by atoms with Gasteiger partial charge in [-0.05, 0) is 34.1 Å². The van der Waals surface area contributed by atoms with Gasteiger partial charge in [-0.2, -0.15) is 4.31 Å². The van der Waals surface area contributed by atoms with Gasteiger partial charge in [-0.25, -0.2) is 13.4 Å². The molecule has 0 radical (unpaired) electrons. The Bertz CT molecular complexity index is 670. The van der Waals surface area contributed by atoms with Gasteiger partial charge in [0.05, 0.1) is 11.4 Å². The maximum Gasteiger partial charge on any atom is 0.244 e. The van der Waals surface area contributed by atoms with Crippen LogP contribution in [-0.2, 0) is 16.6 Å². The number of aromatic nitrogens is 2. The minimum atomic E-state index is -3.59. The van der Waals surface area contributed by atoms with Gasteiger partial charge in [0.2, 0.25) is 10.0 Å². The van der Waals surface area contributed by atoms with Gasteiger partial charge < -0.3 is 10.7 Å². The third-order valence-corrected chi connectivity index (χ3v) is 5.35. The highest BCUT2D eigenvalue weighted by molar-refractivity contribution is 9.10. The van der Waals surface area contributed by atoms with Crippen LogP contribution in [0.1, 0.15) is 5.82 Å². The molecule has 0 aliphatic heterocycles. The van der Waals surface area contributed by atoms with Crippen molar-refractivity contribution in [2.24, 2.45) is 0 Å². The molecule has 3 N–H and O–H groups in total.